The monoisotopic (exact) mass is 619 g/mol. The summed E-state index contributed by atoms with van der Waals surface area (Å²) in [7, 11) is 0. The molecular formula is C35H42ClN3O5. The molecule has 0 saturated carbocycles. The zero-order chi connectivity index (χ0) is 31.5. The molecule has 0 aliphatic carbocycles. The van der Waals surface area contributed by atoms with Crippen molar-refractivity contribution in [1.82, 2.24) is 4.90 Å². The lowest BCUT2D eigenvalue weighted by molar-refractivity contribution is -0.144. The van der Waals surface area contributed by atoms with Gasteiger partial charge < -0.3 is 24.5 Å². The van der Waals surface area contributed by atoms with E-state index in [1.807, 2.05) is 43.3 Å². The molecule has 2 unspecified atom stereocenters. The van der Waals surface area contributed by atoms with Gasteiger partial charge in [0.05, 0.1) is 28.1 Å². The fraction of sp³-hybridized carbons (Fsp3) is 0.457. The van der Waals surface area contributed by atoms with Crippen LogP contribution in [0.1, 0.15) is 45.4 Å². The van der Waals surface area contributed by atoms with Gasteiger partial charge in [0.25, 0.3) is 5.91 Å². The van der Waals surface area contributed by atoms with Gasteiger partial charge >= 0.3 is 0 Å². The number of likely N-dealkylation sites (tertiary alicyclic amines) is 1. The van der Waals surface area contributed by atoms with E-state index >= 15 is 0 Å². The molecule has 0 radical (unpaired) electrons. The number of aliphatic hydroxyl groups excluding tert-OH is 1. The minimum absolute atomic E-state index is 0.113. The van der Waals surface area contributed by atoms with Crippen LogP contribution in [0, 0.1) is 11.8 Å². The van der Waals surface area contributed by atoms with Gasteiger partial charge in [-0.1, -0.05) is 66.9 Å². The molecule has 1 N–H and O–H groups in total. The van der Waals surface area contributed by atoms with E-state index < -0.39 is 29.1 Å². The summed E-state index contributed by atoms with van der Waals surface area (Å²) in [5, 5.41) is 9.65. The number of unbranched alkanes of at least 4 members (excludes halogenated alkanes) is 3. The zero-order valence-corrected chi connectivity index (χ0v) is 26.1. The Bertz CT molecular complexity index is 1400. The van der Waals surface area contributed by atoms with Crippen LogP contribution in [0.15, 0.2) is 79.9 Å². The van der Waals surface area contributed by atoms with E-state index in [0.717, 1.165) is 12.8 Å². The molecule has 8 nitrogen and oxygen atoms in total. The van der Waals surface area contributed by atoms with E-state index in [4.69, 9.17) is 16.3 Å². The summed E-state index contributed by atoms with van der Waals surface area (Å²) in [5.74, 6) is -2.31. The van der Waals surface area contributed by atoms with Crippen LogP contribution in [0.4, 0.5) is 11.4 Å². The summed E-state index contributed by atoms with van der Waals surface area (Å²) in [4.78, 5) is 48.7. The topological polar surface area (TPSA) is 90.4 Å². The highest BCUT2D eigenvalue weighted by atomic mass is 35.5. The summed E-state index contributed by atoms with van der Waals surface area (Å²) in [6.07, 6.45) is 7.30. The average Bonchev–Trinajstić information content (AvgIpc) is 3.59. The number of halogens is 1. The Morgan fingerprint density at radius 3 is 2.32 bits per heavy atom. The molecule has 5 atom stereocenters. The van der Waals surface area contributed by atoms with Crippen molar-refractivity contribution in [3.8, 4) is 0 Å². The third-order valence-electron chi connectivity index (χ3n) is 9.45. The Kier molecular flexibility index (Phi) is 9.63. The SMILES string of the molecule is C=CCN(C(=O)[C@H]1[C@H]2C(=O)N(CCCCCCO)C(C(=O)N(CC=C)c3ccccc3Cl)C23CC[C@]1(C)O3)c1ccccc1. The molecule has 1 spiro atoms. The fourth-order valence-electron chi connectivity index (χ4n) is 7.55. The van der Waals surface area contributed by atoms with Crippen LogP contribution >= 0.6 is 11.6 Å². The zero-order valence-electron chi connectivity index (χ0n) is 25.4. The summed E-state index contributed by atoms with van der Waals surface area (Å²) in [6.45, 7) is 10.6. The number of para-hydroxylation sites is 2. The number of anilines is 2. The Labute approximate surface area is 264 Å². The van der Waals surface area contributed by atoms with Gasteiger partial charge in [-0.15, -0.1) is 13.2 Å². The summed E-state index contributed by atoms with van der Waals surface area (Å²) >= 11 is 6.58. The molecule has 5 rings (SSSR count). The van der Waals surface area contributed by atoms with Crippen molar-refractivity contribution in [2.45, 2.75) is 62.7 Å². The smallest absolute Gasteiger partial charge is 0.253 e. The van der Waals surface area contributed by atoms with Crippen LogP contribution in [0.5, 0.6) is 0 Å². The van der Waals surface area contributed by atoms with Gasteiger partial charge in [0.15, 0.2) is 0 Å². The van der Waals surface area contributed by atoms with Gasteiger partial charge in [-0.05, 0) is 56.9 Å². The molecule has 44 heavy (non-hydrogen) atoms. The maximum atomic E-state index is 14.7. The van der Waals surface area contributed by atoms with Crippen LogP contribution in [0.25, 0.3) is 0 Å². The van der Waals surface area contributed by atoms with Crippen LogP contribution in [0.3, 0.4) is 0 Å². The number of hydrogen-bond donors (Lipinski definition) is 1. The highest BCUT2D eigenvalue weighted by Gasteiger charge is 2.78. The lowest BCUT2D eigenvalue weighted by Crippen LogP contribution is -2.56. The molecule has 3 aliphatic rings. The number of amides is 3. The Hall–Kier alpha value is -3.46. The lowest BCUT2D eigenvalue weighted by Gasteiger charge is -2.37. The normalized spacial score (nSPS) is 26.8. The van der Waals surface area contributed by atoms with E-state index in [2.05, 4.69) is 13.2 Å². The number of fused-ring (bicyclic) bond motifs is 1. The number of nitrogens with zero attached hydrogens (tertiary/aromatic N) is 3. The maximum Gasteiger partial charge on any atom is 0.253 e. The quantitative estimate of drug-likeness (QED) is 0.226. The molecule has 234 valence electrons. The van der Waals surface area contributed by atoms with Crippen LogP contribution in [-0.4, -0.2) is 71.2 Å². The standard InChI is InChI=1S/C35H42ClN3O5/c1-4-21-37(25-15-9-8-10-16-25)31(41)28-29-32(42)39(23-13-6-7-14-24-40)30(35(29)20-19-34(28,3)44-35)33(43)38(22-5-2)27-18-12-11-17-26(27)36/h4-5,8-12,15-18,28-30,40H,1-2,6-7,13-14,19-24H2,3H3/t28-,29+,30?,34+,35?/m1/s1. The van der Waals surface area contributed by atoms with Crippen molar-refractivity contribution in [2.75, 3.05) is 36.0 Å². The molecule has 3 fully saturated rings. The van der Waals surface area contributed by atoms with Crippen LogP contribution in [-0.2, 0) is 19.1 Å². The Balaban J connectivity index is 1.56. The van der Waals surface area contributed by atoms with Crippen LogP contribution in [0.2, 0.25) is 5.02 Å². The third-order valence-corrected chi connectivity index (χ3v) is 9.77. The highest BCUT2D eigenvalue weighted by Crippen LogP contribution is 2.63. The summed E-state index contributed by atoms with van der Waals surface area (Å²) < 4.78 is 6.87. The van der Waals surface area contributed by atoms with Crippen molar-refractivity contribution in [1.29, 1.82) is 0 Å². The lowest BCUT2D eigenvalue weighted by atomic mass is 9.66. The maximum absolute atomic E-state index is 14.7. The molecule has 2 aromatic rings. The number of carbonyl (C=O) groups is 3. The second kappa shape index (κ2) is 13.3. The Morgan fingerprint density at radius 1 is 0.977 bits per heavy atom. The number of benzene rings is 2. The molecule has 0 aromatic heterocycles. The largest absolute Gasteiger partial charge is 0.396 e. The van der Waals surface area contributed by atoms with Crippen molar-refractivity contribution in [3.05, 3.63) is 84.9 Å². The predicted octanol–water partition coefficient (Wildman–Crippen LogP) is 5.40. The highest BCUT2D eigenvalue weighted by molar-refractivity contribution is 6.34. The van der Waals surface area contributed by atoms with E-state index in [9.17, 15) is 19.5 Å². The predicted molar refractivity (Wildman–Crippen MR) is 172 cm³/mol. The van der Waals surface area contributed by atoms with Gasteiger partial charge in [-0.25, -0.2) is 0 Å². The minimum atomic E-state index is -1.16. The Morgan fingerprint density at radius 2 is 1.64 bits per heavy atom. The van der Waals surface area contributed by atoms with E-state index in [1.54, 1.807) is 45.1 Å². The summed E-state index contributed by atoms with van der Waals surface area (Å²) in [6, 6.07) is 15.6. The molecule has 3 heterocycles. The van der Waals surface area contributed by atoms with Crippen molar-refractivity contribution < 1.29 is 24.2 Å². The van der Waals surface area contributed by atoms with Crippen LogP contribution < -0.4 is 9.80 Å². The first-order chi connectivity index (χ1) is 21.2. The number of aliphatic hydroxyl groups is 1. The summed E-state index contributed by atoms with van der Waals surface area (Å²) in [5.41, 5.74) is -0.828. The second-order valence-corrected chi connectivity index (χ2v) is 12.6. The van der Waals surface area contributed by atoms with Crippen molar-refractivity contribution >= 4 is 40.7 Å². The molecule has 3 amide bonds. The van der Waals surface area contributed by atoms with E-state index in [-0.39, 0.29) is 37.4 Å². The number of ether oxygens (including phenoxy) is 1. The van der Waals surface area contributed by atoms with Gasteiger partial charge in [-0.3, -0.25) is 14.4 Å². The van der Waals surface area contributed by atoms with Crippen molar-refractivity contribution in [2.24, 2.45) is 11.8 Å². The van der Waals surface area contributed by atoms with Gasteiger partial charge in [0.2, 0.25) is 11.8 Å². The van der Waals surface area contributed by atoms with E-state index in [0.29, 0.717) is 48.6 Å². The van der Waals surface area contributed by atoms with Gasteiger partial charge in [0, 0.05) is 31.9 Å². The first-order valence-electron chi connectivity index (χ1n) is 15.5. The van der Waals surface area contributed by atoms with Crippen molar-refractivity contribution in [3.63, 3.8) is 0 Å². The van der Waals surface area contributed by atoms with E-state index in [1.165, 1.54) is 0 Å². The average molecular weight is 620 g/mol. The minimum Gasteiger partial charge on any atom is -0.396 e. The molecule has 3 aliphatic heterocycles. The number of hydrogen-bond acceptors (Lipinski definition) is 5. The number of rotatable bonds is 14. The third kappa shape index (κ3) is 5.48. The molecule has 9 heteroatoms. The molecule has 2 bridgehead atoms. The van der Waals surface area contributed by atoms with Gasteiger partial charge in [0.1, 0.15) is 11.6 Å². The fourth-order valence-corrected chi connectivity index (χ4v) is 7.79. The molecule has 3 saturated heterocycles. The first kappa shape index (κ1) is 31.9. The molecular weight excluding hydrogens is 578 g/mol. The second-order valence-electron chi connectivity index (χ2n) is 12.2. The molecule has 2 aromatic carbocycles. The number of carbonyl (C=O) groups excluding carboxylic acids is 3. The first-order valence-corrected chi connectivity index (χ1v) is 15.9. The van der Waals surface area contributed by atoms with Gasteiger partial charge in [-0.2, -0.15) is 0 Å².